The van der Waals surface area contributed by atoms with Gasteiger partial charge in [0, 0.05) is 16.8 Å². The van der Waals surface area contributed by atoms with Crippen LogP contribution in [0.1, 0.15) is 47.1 Å². The maximum Gasteiger partial charge on any atom is 0.259 e. The van der Waals surface area contributed by atoms with Crippen molar-refractivity contribution in [3.63, 3.8) is 0 Å². The smallest absolute Gasteiger partial charge is 0.259 e. The summed E-state index contributed by atoms with van der Waals surface area (Å²) in [4.78, 5) is 17.6. The van der Waals surface area contributed by atoms with Gasteiger partial charge in [0.05, 0.1) is 29.4 Å². The van der Waals surface area contributed by atoms with Gasteiger partial charge in [0.2, 0.25) is 0 Å². The van der Waals surface area contributed by atoms with Gasteiger partial charge in [0.15, 0.2) is 0 Å². The molecule has 1 amide bonds. The summed E-state index contributed by atoms with van der Waals surface area (Å²) in [6, 6.07) is 11.1. The van der Waals surface area contributed by atoms with E-state index in [-0.39, 0.29) is 11.8 Å². The second-order valence-electron chi connectivity index (χ2n) is 7.15. The summed E-state index contributed by atoms with van der Waals surface area (Å²) in [7, 11) is 0. The minimum atomic E-state index is -0.261. The lowest BCUT2D eigenvalue weighted by Crippen LogP contribution is -2.17. The summed E-state index contributed by atoms with van der Waals surface area (Å²) >= 11 is 5.95. The van der Waals surface area contributed by atoms with Crippen LogP contribution in [-0.4, -0.2) is 25.8 Å². The summed E-state index contributed by atoms with van der Waals surface area (Å²) in [6.07, 6.45) is 1.65. The van der Waals surface area contributed by atoms with Crippen molar-refractivity contribution in [1.82, 2.24) is 19.9 Å². The van der Waals surface area contributed by atoms with Crippen LogP contribution < -0.4 is 5.32 Å². The Morgan fingerprint density at radius 1 is 1.24 bits per heavy atom. The third kappa shape index (κ3) is 3.86. The summed E-state index contributed by atoms with van der Waals surface area (Å²) in [5, 5.41) is 12.5. The fourth-order valence-electron chi connectivity index (χ4n) is 3.10. The normalized spacial score (nSPS) is 11.3. The maximum atomic E-state index is 13.1. The van der Waals surface area contributed by atoms with E-state index in [1.807, 2.05) is 38.1 Å². The molecule has 0 aliphatic rings. The molecule has 3 heterocycles. The molecule has 1 aromatic carbocycles. The number of pyridine rings is 1. The molecule has 0 radical (unpaired) electrons. The zero-order valence-corrected chi connectivity index (χ0v) is 17.1. The van der Waals surface area contributed by atoms with E-state index in [9.17, 15) is 4.79 Å². The second kappa shape index (κ2) is 7.67. The number of aryl methyl sites for hydroxylation is 1. The molecular formula is C21H20ClN5O2. The van der Waals surface area contributed by atoms with Gasteiger partial charge in [0.25, 0.3) is 11.6 Å². The Morgan fingerprint density at radius 3 is 2.72 bits per heavy atom. The molecule has 0 spiro atoms. The van der Waals surface area contributed by atoms with Gasteiger partial charge >= 0.3 is 0 Å². The van der Waals surface area contributed by atoms with Gasteiger partial charge < -0.3 is 9.84 Å². The Bertz CT molecular complexity index is 1180. The SMILES string of the molecule is Cc1noc2nc(C(C)C)cc(C(=O)Nc3ccnn3Cc3ccc(Cl)cc3)c12. The average molecular weight is 410 g/mol. The molecule has 0 fully saturated rings. The third-order valence-electron chi connectivity index (χ3n) is 4.68. The lowest BCUT2D eigenvalue weighted by Gasteiger charge is -2.11. The van der Waals surface area contributed by atoms with E-state index in [4.69, 9.17) is 16.1 Å². The summed E-state index contributed by atoms with van der Waals surface area (Å²) in [6.45, 7) is 6.33. The number of anilines is 1. The van der Waals surface area contributed by atoms with E-state index in [1.54, 1.807) is 29.9 Å². The molecule has 7 nitrogen and oxygen atoms in total. The number of carbonyl (C=O) groups excluding carboxylic acids is 1. The molecular weight excluding hydrogens is 390 g/mol. The van der Waals surface area contributed by atoms with E-state index in [0.29, 0.717) is 39.7 Å². The number of hydrogen-bond donors (Lipinski definition) is 1. The highest BCUT2D eigenvalue weighted by Gasteiger charge is 2.20. The van der Waals surface area contributed by atoms with Crippen LogP contribution in [0.5, 0.6) is 0 Å². The maximum absolute atomic E-state index is 13.1. The summed E-state index contributed by atoms with van der Waals surface area (Å²) in [5.74, 6) is 0.477. The fraction of sp³-hybridized carbons (Fsp3) is 0.238. The number of carbonyl (C=O) groups is 1. The van der Waals surface area contributed by atoms with Crippen molar-refractivity contribution in [2.75, 3.05) is 5.32 Å². The monoisotopic (exact) mass is 409 g/mol. The Labute approximate surface area is 172 Å². The Kier molecular flexibility index (Phi) is 5.07. The van der Waals surface area contributed by atoms with Crippen molar-refractivity contribution in [1.29, 1.82) is 0 Å². The highest BCUT2D eigenvalue weighted by molar-refractivity contribution is 6.30. The first kappa shape index (κ1) is 19.1. The minimum absolute atomic E-state index is 0.145. The molecule has 3 aromatic heterocycles. The Morgan fingerprint density at radius 2 is 2.00 bits per heavy atom. The van der Waals surface area contributed by atoms with Gasteiger partial charge in [-0.3, -0.25) is 4.79 Å². The number of halogens is 1. The van der Waals surface area contributed by atoms with Crippen LogP contribution in [0.2, 0.25) is 5.02 Å². The van der Waals surface area contributed by atoms with Gasteiger partial charge in [-0.25, -0.2) is 9.67 Å². The molecule has 8 heteroatoms. The van der Waals surface area contributed by atoms with Crippen LogP contribution in [-0.2, 0) is 6.54 Å². The first-order valence-corrected chi connectivity index (χ1v) is 9.64. The highest BCUT2D eigenvalue weighted by atomic mass is 35.5. The third-order valence-corrected chi connectivity index (χ3v) is 4.93. The van der Waals surface area contributed by atoms with E-state index in [0.717, 1.165) is 11.3 Å². The highest BCUT2D eigenvalue weighted by Crippen LogP contribution is 2.26. The number of amides is 1. The molecule has 0 saturated heterocycles. The molecule has 0 aliphatic heterocycles. The molecule has 0 saturated carbocycles. The van der Waals surface area contributed by atoms with Crippen molar-refractivity contribution in [2.45, 2.75) is 33.2 Å². The topological polar surface area (TPSA) is 85.8 Å². The van der Waals surface area contributed by atoms with Gasteiger partial charge in [-0.15, -0.1) is 0 Å². The van der Waals surface area contributed by atoms with Crippen LogP contribution >= 0.6 is 11.6 Å². The predicted molar refractivity (Wildman–Crippen MR) is 111 cm³/mol. The second-order valence-corrected chi connectivity index (χ2v) is 7.59. The van der Waals surface area contributed by atoms with Crippen LogP contribution in [0.4, 0.5) is 5.82 Å². The Balaban J connectivity index is 1.65. The van der Waals surface area contributed by atoms with Crippen LogP contribution in [0.15, 0.2) is 47.1 Å². The summed E-state index contributed by atoms with van der Waals surface area (Å²) < 4.78 is 7.03. The number of nitrogens with zero attached hydrogens (tertiary/aromatic N) is 4. The number of hydrogen-bond acceptors (Lipinski definition) is 5. The summed E-state index contributed by atoms with van der Waals surface area (Å²) in [5.41, 5.74) is 3.28. The first-order valence-electron chi connectivity index (χ1n) is 9.27. The zero-order valence-electron chi connectivity index (χ0n) is 16.3. The van der Waals surface area contributed by atoms with E-state index < -0.39 is 0 Å². The minimum Gasteiger partial charge on any atom is -0.336 e. The van der Waals surface area contributed by atoms with Crippen LogP contribution in [0, 0.1) is 6.92 Å². The Hall–Kier alpha value is -3.19. The van der Waals surface area contributed by atoms with Crippen molar-refractivity contribution < 1.29 is 9.32 Å². The molecule has 148 valence electrons. The predicted octanol–water partition coefficient (Wildman–Crippen LogP) is 4.81. The number of aromatic nitrogens is 4. The molecule has 4 rings (SSSR count). The number of benzene rings is 1. The molecule has 0 unspecified atom stereocenters. The quantitative estimate of drug-likeness (QED) is 0.511. The largest absolute Gasteiger partial charge is 0.336 e. The lowest BCUT2D eigenvalue weighted by molar-refractivity contribution is 0.102. The van der Waals surface area contributed by atoms with Gasteiger partial charge in [0.1, 0.15) is 5.82 Å². The zero-order chi connectivity index (χ0) is 20.5. The molecule has 4 aromatic rings. The first-order chi connectivity index (χ1) is 13.9. The van der Waals surface area contributed by atoms with E-state index in [1.165, 1.54) is 0 Å². The molecule has 0 aliphatic carbocycles. The molecule has 1 N–H and O–H groups in total. The van der Waals surface area contributed by atoms with E-state index in [2.05, 4.69) is 20.6 Å². The number of nitrogens with one attached hydrogen (secondary N) is 1. The van der Waals surface area contributed by atoms with Crippen molar-refractivity contribution in [3.8, 4) is 0 Å². The van der Waals surface area contributed by atoms with Gasteiger partial charge in [-0.2, -0.15) is 5.10 Å². The van der Waals surface area contributed by atoms with Crippen molar-refractivity contribution in [3.05, 3.63) is 70.1 Å². The standard InChI is InChI=1S/C21H20ClN5O2/c1-12(2)17-10-16(19-13(3)26-29-21(19)24-17)20(28)25-18-8-9-23-27(18)11-14-4-6-15(22)7-5-14/h4-10,12H,11H2,1-3H3,(H,25,28). The average Bonchev–Trinajstić information content (AvgIpc) is 3.29. The van der Waals surface area contributed by atoms with Gasteiger partial charge in [-0.1, -0.05) is 42.7 Å². The van der Waals surface area contributed by atoms with E-state index >= 15 is 0 Å². The van der Waals surface area contributed by atoms with Crippen LogP contribution in [0.3, 0.4) is 0 Å². The van der Waals surface area contributed by atoms with Crippen molar-refractivity contribution >= 4 is 34.4 Å². The number of rotatable bonds is 5. The van der Waals surface area contributed by atoms with Gasteiger partial charge in [-0.05, 0) is 36.6 Å². The van der Waals surface area contributed by atoms with Crippen molar-refractivity contribution in [2.24, 2.45) is 0 Å². The molecule has 0 atom stereocenters. The molecule has 0 bridgehead atoms. The number of fused-ring (bicyclic) bond motifs is 1. The van der Waals surface area contributed by atoms with Crippen LogP contribution in [0.25, 0.3) is 11.1 Å². The molecule has 29 heavy (non-hydrogen) atoms. The lowest BCUT2D eigenvalue weighted by atomic mass is 10.0. The fourth-order valence-corrected chi connectivity index (χ4v) is 3.23.